The molecule has 0 aromatic heterocycles. The Labute approximate surface area is 94.2 Å². The highest BCUT2D eigenvalue weighted by molar-refractivity contribution is 5.68. The number of ether oxygens (including phenoxy) is 1. The van der Waals surface area contributed by atoms with Crippen LogP contribution in [0.25, 0.3) is 0 Å². The third-order valence-corrected chi connectivity index (χ3v) is 1.89. The van der Waals surface area contributed by atoms with Gasteiger partial charge in [-0.05, 0) is 5.56 Å². The first kappa shape index (κ1) is 12.1. The predicted octanol–water partition coefficient (Wildman–Crippen LogP) is 0.907. The van der Waals surface area contributed by atoms with Crippen LogP contribution < -0.4 is 5.32 Å². The lowest BCUT2D eigenvalue weighted by molar-refractivity contribution is 0.133. The number of nitrogens with one attached hydrogen (secondary N) is 1. The van der Waals surface area contributed by atoms with Gasteiger partial charge in [0.1, 0.15) is 12.6 Å². The van der Waals surface area contributed by atoms with Gasteiger partial charge in [-0.25, -0.2) is 4.79 Å². The number of benzene rings is 1. The van der Waals surface area contributed by atoms with Crippen LogP contribution in [0.1, 0.15) is 5.56 Å². The number of rotatable bonds is 4. The number of terminal acetylenes is 1. The summed E-state index contributed by atoms with van der Waals surface area (Å²) in [6, 6.07) is 8.58. The molecule has 0 heterocycles. The molecule has 84 valence electrons. The molecular weight excluding hydrogens is 206 g/mol. The van der Waals surface area contributed by atoms with Gasteiger partial charge in [0, 0.05) is 0 Å². The number of aliphatic hydroxyl groups is 1. The van der Waals surface area contributed by atoms with Gasteiger partial charge in [0.15, 0.2) is 0 Å². The van der Waals surface area contributed by atoms with E-state index in [0.29, 0.717) is 0 Å². The standard InChI is InChI=1S/C12H13NO3/c1-2-11(8-14)13-12(15)16-9-10-6-4-3-5-7-10/h1,3-7,11,14H,8-9H2,(H,13,15)/t11-/m0/s1. The topological polar surface area (TPSA) is 58.6 Å². The smallest absolute Gasteiger partial charge is 0.408 e. The monoisotopic (exact) mass is 219 g/mol. The first-order valence-electron chi connectivity index (χ1n) is 4.80. The second-order valence-corrected chi connectivity index (χ2v) is 3.11. The van der Waals surface area contributed by atoms with Gasteiger partial charge >= 0.3 is 6.09 Å². The van der Waals surface area contributed by atoms with E-state index in [9.17, 15) is 4.79 Å². The lowest BCUT2D eigenvalue weighted by atomic mass is 10.2. The van der Waals surface area contributed by atoms with Crippen LogP contribution >= 0.6 is 0 Å². The Morgan fingerprint density at radius 3 is 2.75 bits per heavy atom. The van der Waals surface area contributed by atoms with Crippen LogP contribution in [0.4, 0.5) is 4.79 Å². The zero-order chi connectivity index (χ0) is 11.8. The number of alkyl carbamates (subject to hydrolysis) is 1. The molecule has 0 aliphatic rings. The maximum Gasteiger partial charge on any atom is 0.408 e. The molecule has 0 bridgehead atoms. The molecule has 0 unspecified atom stereocenters. The first-order valence-corrected chi connectivity index (χ1v) is 4.80. The van der Waals surface area contributed by atoms with Crippen molar-refractivity contribution in [3.8, 4) is 12.3 Å². The van der Waals surface area contributed by atoms with Crippen molar-refractivity contribution in [3.63, 3.8) is 0 Å². The van der Waals surface area contributed by atoms with Gasteiger partial charge in [0.2, 0.25) is 0 Å². The van der Waals surface area contributed by atoms with Gasteiger partial charge in [-0.15, -0.1) is 6.42 Å². The summed E-state index contributed by atoms with van der Waals surface area (Å²) < 4.78 is 4.91. The molecule has 1 atom stereocenters. The van der Waals surface area contributed by atoms with E-state index in [0.717, 1.165) is 5.56 Å². The minimum Gasteiger partial charge on any atom is -0.445 e. The predicted molar refractivity (Wildman–Crippen MR) is 59.5 cm³/mol. The number of amides is 1. The van der Waals surface area contributed by atoms with Crippen LogP contribution in [0, 0.1) is 12.3 Å². The summed E-state index contributed by atoms with van der Waals surface area (Å²) in [5.74, 6) is 2.22. The molecule has 0 spiro atoms. The van der Waals surface area contributed by atoms with Crippen molar-refractivity contribution < 1.29 is 14.6 Å². The van der Waals surface area contributed by atoms with Crippen LogP contribution in [0.5, 0.6) is 0 Å². The fourth-order valence-electron chi connectivity index (χ4n) is 1.05. The van der Waals surface area contributed by atoms with Gasteiger partial charge in [-0.1, -0.05) is 36.3 Å². The molecule has 4 nitrogen and oxygen atoms in total. The Morgan fingerprint density at radius 1 is 1.50 bits per heavy atom. The van der Waals surface area contributed by atoms with Crippen molar-refractivity contribution in [2.45, 2.75) is 12.6 Å². The van der Waals surface area contributed by atoms with E-state index in [1.54, 1.807) is 0 Å². The van der Waals surface area contributed by atoms with E-state index in [1.165, 1.54) is 0 Å². The highest BCUT2D eigenvalue weighted by Gasteiger charge is 2.08. The largest absolute Gasteiger partial charge is 0.445 e. The highest BCUT2D eigenvalue weighted by Crippen LogP contribution is 2.00. The molecule has 1 amide bonds. The third kappa shape index (κ3) is 4.03. The van der Waals surface area contributed by atoms with Gasteiger partial charge in [0.25, 0.3) is 0 Å². The average molecular weight is 219 g/mol. The zero-order valence-electron chi connectivity index (χ0n) is 8.72. The summed E-state index contributed by atoms with van der Waals surface area (Å²) in [6.07, 6.45) is 4.42. The Kier molecular flexibility index (Phi) is 4.90. The third-order valence-electron chi connectivity index (χ3n) is 1.89. The molecule has 1 aromatic carbocycles. The Bertz CT molecular complexity index is 370. The summed E-state index contributed by atoms with van der Waals surface area (Å²) in [4.78, 5) is 11.2. The molecule has 1 aromatic rings. The number of carbonyl (C=O) groups excluding carboxylic acids is 1. The Balaban J connectivity index is 2.34. The molecule has 1 rings (SSSR count). The second-order valence-electron chi connectivity index (χ2n) is 3.11. The fourth-order valence-corrected chi connectivity index (χ4v) is 1.05. The maximum absolute atomic E-state index is 11.2. The number of hydrogen-bond donors (Lipinski definition) is 2. The van der Waals surface area contributed by atoms with Crippen LogP contribution in [0.2, 0.25) is 0 Å². The molecule has 0 saturated carbocycles. The number of aliphatic hydroxyl groups excluding tert-OH is 1. The van der Waals surface area contributed by atoms with Gasteiger partial charge in [0.05, 0.1) is 6.61 Å². The van der Waals surface area contributed by atoms with Crippen molar-refractivity contribution >= 4 is 6.09 Å². The molecular formula is C12H13NO3. The van der Waals surface area contributed by atoms with Crippen molar-refractivity contribution in [2.24, 2.45) is 0 Å². The van der Waals surface area contributed by atoms with Crippen LogP contribution in [-0.4, -0.2) is 23.8 Å². The minimum absolute atomic E-state index is 0.176. The molecule has 0 saturated heterocycles. The van der Waals surface area contributed by atoms with E-state index < -0.39 is 12.1 Å². The zero-order valence-corrected chi connectivity index (χ0v) is 8.72. The van der Waals surface area contributed by atoms with Gasteiger partial charge in [-0.2, -0.15) is 0 Å². The van der Waals surface area contributed by atoms with Crippen LogP contribution in [0.3, 0.4) is 0 Å². The fraction of sp³-hybridized carbons (Fsp3) is 0.250. The molecule has 0 aliphatic carbocycles. The summed E-state index contributed by atoms with van der Waals surface area (Å²) in [7, 11) is 0. The van der Waals surface area contributed by atoms with E-state index in [1.807, 2.05) is 30.3 Å². The molecule has 0 aliphatic heterocycles. The summed E-state index contributed by atoms with van der Waals surface area (Å²) >= 11 is 0. The minimum atomic E-state index is -0.705. The highest BCUT2D eigenvalue weighted by atomic mass is 16.5. The van der Waals surface area contributed by atoms with Crippen molar-refractivity contribution in [1.29, 1.82) is 0 Å². The first-order chi connectivity index (χ1) is 7.76. The summed E-state index contributed by atoms with van der Waals surface area (Å²) in [6.45, 7) is -0.133. The Morgan fingerprint density at radius 2 is 2.19 bits per heavy atom. The second kappa shape index (κ2) is 6.49. The molecule has 0 fully saturated rings. The van der Waals surface area contributed by atoms with Crippen molar-refractivity contribution in [2.75, 3.05) is 6.61 Å². The summed E-state index contributed by atoms with van der Waals surface area (Å²) in [5.41, 5.74) is 0.888. The SMILES string of the molecule is C#C[C@@H](CO)NC(=O)OCc1ccccc1. The lowest BCUT2D eigenvalue weighted by Crippen LogP contribution is -2.36. The van der Waals surface area contributed by atoms with Gasteiger partial charge in [-0.3, -0.25) is 0 Å². The quantitative estimate of drug-likeness (QED) is 0.740. The van der Waals surface area contributed by atoms with Crippen LogP contribution in [-0.2, 0) is 11.3 Å². The van der Waals surface area contributed by atoms with E-state index in [4.69, 9.17) is 16.3 Å². The van der Waals surface area contributed by atoms with Crippen molar-refractivity contribution in [1.82, 2.24) is 5.32 Å². The van der Waals surface area contributed by atoms with E-state index in [-0.39, 0.29) is 13.2 Å². The maximum atomic E-state index is 11.2. The molecule has 4 heteroatoms. The normalized spacial score (nSPS) is 11.2. The van der Waals surface area contributed by atoms with E-state index in [2.05, 4.69) is 11.2 Å². The van der Waals surface area contributed by atoms with Crippen molar-refractivity contribution in [3.05, 3.63) is 35.9 Å². The van der Waals surface area contributed by atoms with Gasteiger partial charge < -0.3 is 15.2 Å². The van der Waals surface area contributed by atoms with Crippen LogP contribution in [0.15, 0.2) is 30.3 Å². The lowest BCUT2D eigenvalue weighted by Gasteiger charge is -2.10. The Hall–Kier alpha value is -1.99. The molecule has 16 heavy (non-hydrogen) atoms. The molecule has 0 radical (unpaired) electrons. The van der Waals surface area contributed by atoms with E-state index >= 15 is 0 Å². The molecule has 2 N–H and O–H groups in total. The average Bonchev–Trinajstić information content (AvgIpc) is 2.34. The number of hydrogen-bond acceptors (Lipinski definition) is 3. The number of carbonyl (C=O) groups is 1. The summed E-state index contributed by atoms with van der Waals surface area (Å²) in [5, 5.41) is 11.1.